The highest BCUT2D eigenvalue weighted by molar-refractivity contribution is 14.1. The van der Waals surface area contributed by atoms with Crippen LogP contribution >= 0.6 is 44.2 Å². The number of carbonyl (C=O) groups is 2. The lowest BCUT2D eigenvalue weighted by molar-refractivity contribution is -0.120. The Morgan fingerprint density at radius 3 is 2.15 bits per heavy atom. The van der Waals surface area contributed by atoms with Gasteiger partial charge in [-0.3, -0.25) is 4.79 Å². The zero-order valence-electron chi connectivity index (χ0n) is 12.2. The number of nitrogens with one attached hydrogen (secondary N) is 2. The first-order valence-electron chi connectivity index (χ1n) is 6.39. The molecule has 2 N–H and O–H groups in total. The SMILES string of the molecule is CC(C)(C)OC(=O)NCCSSCCNC(=O)CCI. The van der Waals surface area contributed by atoms with Crippen LogP contribution in [0.4, 0.5) is 4.79 Å². The lowest BCUT2D eigenvalue weighted by Crippen LogP contribution is -2.33. The van der Waals surface area contributed by atoms with Gasteiger partial charge in [0.05, 0.1) is 0 Å². The van der Waals surface area contributed by atoms with Crippen LogP contribution in [0, 0.1) is 0 Å². The second kappa shape index (κ2) is 11.8. The molecule has 0 aromatic carbocycles. The molecule has 0 radical (unpaired) electrons. The van der Waals surface area contributed by atoms with Gasteiger partial charge in [0.1, 0.15) is 5.60 Å². The molecule has 0 spiro atoms. The predicted octanol–water partition coefficient (Wildman–Crippen LogP) is 2.83. The first-order chi connectivity index (χ1) is 9.35. The minimum Gasteiger partial charge on any atom is -0.444 e. The Hall–Kier alpha value is 0.170. The number of ether oxygens (including phenoxy) is 1. The summed E-state index contributed by atoms with van der Waals surface area (Å²) in [5, 5.41) is 5.55. The average molecular weight is 434 g/mol. The summed E-state index contributed by atoms with van der Waals surface area (Å²) >= 11 is 2.18. The third kappa shape index (κ3) is 14.6. The lowest BCUT2D eigenvalue weighted by atomic mass is 10.2. The maximum absolute atomic E-state index is 11.3. The standard InChI is InChI=1S/C12H23IN2O3S2/c1-12(2,3)18-11(17)15-7-9-20-19-8-6-14-10(16)4-5-13/h4-9H2,1-3H3,(H,14,16)(H,15,17). The van der Waals surface area contributed by atoms with Gasteiger partial charge in [-0.25, -0.2) is 4.79 Å². The van der Waals surface area contributed by atoms with E-state index in [-0.39, 0.29) is 12.0 Å². The molecular weight excluding hydrogens is 411 g/mol. The minimum absolute atomic E-state index is 0.108. The normalized spacial score (nSPS) is 11.0. The van der Waals surface area contributed by atoms with E-state index in [1.807, 2.05) is 20.8 Å². The van der Waals surface area contributed by atoms with E-state index in [1.165, 1.54) is 0 Å². The van der Waals surface area contributed by atoms with Crippen molar-refractivity contribution in [1.29, 1.82) is 0 Å². The molecule has 0 aliphatic carbocycles. The van der Waals surface area contributed by atoms with Crippen LogP contribution in [0.15, 0.2) is 0 Å². The van der Waals surface area contributed by atoms with Gasteiger partial charge in [0.2, 0.25) is 5.91 Å². The van der Waals surface area contributed by atoms with Crippen molar-refractivity contribution in [2.24, 2.45) is 0 Å². The van der Waals surface area contributed by atoms with E-state index in [4.69, 9.17) is 4.74 Å². The molecule has 20 heavy (non-hydrogen) atoms. The number of alkyl carbamates (subject to hydrolysis) is 1. The fourth-order valence-corrected chi connectivity index (χ4v) is 3.34. The van der Waals surface area contributed by atoms with Crippen molar-refractivity contribution in [1.82, 2.24) is 10.6 Å². The van der Waals surface area contributed by atoms with Gasteiger partial charge in [0.15, 0.2) is 0 Å². The van der Waals surface area contributed by atoms with Crippen LogP contribution in [0.2, 0.25) is 0 Å². The molecule has 0 saturated heterocycles. The number of alkyl halides is 1. The van der Waals surface area contributed by atoms with E-state index in [0.29, 0.717) is 19.5 Å². The number of amides is 2. The molecule has 0 rings (SSSR count). The summed E-state index contributed by atoms with van der Waals surface area (Å²) < 4.78 is 5.97. The number of halogens is 1. The monoisotopic (exact) mass is 434 g/mol. The van der Waals surface area contributed by atoms with Crippen LogP contribution < -0.4 is 10.6 Å². The third-order valence-corrected chi connectivity index (χ3v) is 4.71. The summed E-state index contributed by atoms with van der Waals surface area (Å²) in [6.07, 6.45) is 0.201. The van der Waals surface area contributed by atoms with Gasteiger partial charge < -0.3 is 15.4 Å². The molecular formula is C12H23IN2O3S2. The smallest absolute Gasteiger partial charge is 0.407 e. The molecule has 0 aliphatic heterocycles. The molecule has 0 bridgehead atoms. The van der Waals surface area contributed by atoms with Gasteiger partial charge >= 0.3 is 6.09 Å². The van der Waals surface area contributed by atoms with Crippen molar-refractivity contribution in [2.45, 2.75) is 32.8 Å². The second-order valence-electron chi connectivity index (χ2n) is 4.86. The second-order valence-corrected chi connectivity index (χ2v) is 8.64. The quantitative estimate of drug-likeness (QED) is 0.253. The highest BCUT2D eigenvalue weighted by atomic mass is 127. The maximum Gasteiger partial charge on any atom is 0.407 e. The van der Waals surface area contributed by atoms with Crippen LogP contribution in [0.25, 0.3) is 0 Å². The van der Waals surface area contributed by atoms with Gasteiger partial charge in [-0.2, -0.15) is 0 Å². The van der Waals surface area contributed by atoms with E-state index >= 15 is 0 Å². The number of hydrogen-bond donors (Lipinski definition) is 2. The first kappa shape index (κ1) is 20.2. The Morgan fingerprint density at radius 2 is 1.65 bits per heavy atom. The molecule has 0 heterocycles. The predicted molar refractivity (Wildman–Crippen MR) is 95.7 cm³/mol. The molecule has 0 unspecified atom stereocenters. The van der Waals surface area contributed by atoms with E-state index in [0.717, 1.165) is 15.9 Å². The van der Waals surface area contributed by atoms with E-state index in [2.05, 4.69) is 33.2 Å². The summed E-state index contributed by atoms with van der Waals surface area (Å²) in [5.74, 6) is 1.78. The Morgan fingerprint density at radius 1 is 1.10 bits per heavy atom. The van der Waals surface area contributed by atoms with Gasteiger partial charge in [-0.1, -0.05) is 44.2 Å². The Bertz CT molecular complexity index is 299. The zero-order chi connectivity index (χ0) is 15.4. The highest BCUT2D eigenvalue weighted by Gasteiger charge is 2.15. The average Bonchev–Trinajstić information content (AvgIpc) is 2.30. The van der Waals surface area contributed by atoms with Crippen molar-refractivity contribution in [3.8, 4) is 0 Å². The maximum atomic E-state index is 11.3. The van der Waals surface area contributed by atoms with Gasteiger partial charge in [-0.15, -0.1) is 0 Å². The highest BCUT2D eigenvalue weighted by Crippen LogP contribution is 2.19. The molecule has 0 atom stereocenters. The lowest BCUT2D eigenvalue weighted by Gasteiger charge is -2.19. The van der Waals surface area contributed by atoms with Crippen molar-refractivity contribution in [3.05, 3.63) is 0 Å². The van der Waals surface area contributed by atoms with Crippen LogP contribution in [-0.4, -0.2) is 46.6 Å². The van der Waals surface area contributed by atoms with Crippen molar-refractivity contribution in [2.75, 3.05) is 29.0 Å². The van der Waals surface area contributed by atoms with Crippen LogP contribution in [0.1, 0.15) is 27.2 Å². The number of rotatable bonds is 9. The fraction of sp³-hybridized carbons (Fsp3) is 0.833. The third-order valence-electron chi connectivity index (χ3n) is 1.77. The molecule has 0 saturated carbocycles. The van der Waals surface area contributed by atoms with Crippen LogP contribution in [-0.2, 0) is 9.53 Å². The summed E-state index contributed by atoms with van der Waals surface area (Å²) in [7, 11) is 3.36. The van der Waals surface area contributed by atoms with E-state index < -0.39 is 5.60 Å². The molecule has 118 valence electrons. The van der Waals surface area contributed by atoms with Crippen molar-refractivity contribution >= 4 is 56.2 Å². The molecule has 0 aromatic heterocycles. The Kier molecular flexibility index (Phi) is 11.9. The Labute approximate surface area is 142 Å². The summed E-state index contributed by atoms with van der Waals surface area (Å²) in [6.45, 7) is 6.77. The molecule has 0 aliphatic rings. The molecule has 0 aromatic rings. The minimum atomic E-state index is -0.456. The topological polar surface area (TPSA) is 67.4 Å². The van der Waals surface area contributed by atoms with E-state index in [9.17, 15) is 9.59 Å². The fourth-order valence-electron chi connectivity index (χ4n) is 1.03. The molecule has 2 amide bonds. The summed E-state index contributed by atoms with van der Waals surface area (Å²) in [6, 6.07) is 0. The summed E-state index contributed by atoms with van der Waals surface area (Å²) in [5.41, 5.74) is -0.456. The first-order valence-corrected chi connectivity index (χ1v) is 10.4. The van der Waals surface area contributed by atoms with Gasteiger partial charge in [0.25, 0.3) is 0 Å². The van der Waals surface area contributed by atoms with Crippen molar-refractivity contribution in [3.63, 3.8) is 0 Å². The number of carbonyl (C=O) groups excluding carboxylic acids is 2. The van der Waals surface area contributed by atoms with Crippen LogP contribution in [0.5, 0.6) is 0 Å². The van der Waals surface area contributed by atoms with Crippen molar-refractivity contribution < 1.29 is 14.3 Å². The molecule has 5 nitrogen and oxygen atoms in total. The van der Waals surface area contributed by atoms with E-state index in [1.54, 1.807) is 21.6 Å². The largest absolute Gasteiger partial charge is 0.444 e. The molecule has 8 heteroatoms. The van der Waals surface area contributed by atoms with Crippen LogP contribution in [0.3, 0.4) is 0 Å². The zero-order valence-corrected chi connectivity index (χ0v) is 16.0. The van der Waals surface area contributed by atoms with Gasteiger partial charge in [0, 0.05) is 35.4 Å². The summed E-state index contributed by atoms with van der Waals surface area (Å²) in [4.78, 5) is 22.5. The Balaban J connectivity index is 3.33. The number of hydrogen-bond acceptors (Lipinski definition) is 5. The molecule has 0 fully saturated rings. The van der Waals surface area contributed by atoms with Gasteiger partial charge in [-0.05, 0) is 20.8 Å².